The van der Waals surface area contributed by atoms with Crippen LogP contribution >= 0.6 is 0 Å². The predicted molar refractivity (Wildman–Crippen MR) is 116 cm³/mol. The summed E-state index contributed by atoms with van der Waals surface area (Å²) in [6.07, 6.45) is 1.61. The third-order valence-electron chi connectivity index (χ3n) is 4.63. The number of carbonyl (C=O) groups excluding carboxylic acids is 1. The zero-order valence-corrected chi connectivity index (χ0v) is 17.7. The average molecular weight is 420 g/mol. The van der Waals surface area contributed by atoms with Gasteiger partial charge in [-0.05, 0) is 30.0 Å². The molecular formula is C20H29N5O3S. The van der Waals surface area contributed by atoms with Crippen LogP contribution in [-0.2, 0) is 14.6 Å². The zero-order chi connectivity index (χ0) is 21.4. The van der Waals surface area contributed by atoms with Gasteiger partial charge in [-0.25, -0.2) is 8.42 Å². The fourth-order valence-corrected chi connectivity index (χ4v) is 3.55. The van der Waals surface area contributed by atoms with Gasteiger partial charge >= 0.3 is 0 Å². The molecule has 0 aliphatic carbocycles. The molecule has 0 spiro atoms. The van der Waals surface area contributed by atoms with Gasteiger partial charge in [0.05, 0.1) is 11.4 Å². The minimum Gasteiger partial charge on any atom is -0.370 e. The van der Waals surface area contributed by atoms with Crippen LogP contribution in [0.25, 0.3) is 10.8 Å². The first kappa shape index (κ1) is 22.6. The first-order valence-corrected chi connectivity index (χ1v) is 11.3. The molecule has 0 unspecified atom stereocenters. The highest BCUT2D eigenvalue weighted by Gasteiger charge is 2.18. The number of guanidine groups is 1. The number of fused-ring (bicyclic) bond motifs is 1. The molecule has 3 rings (SSSR count). The maximum absolute atomic E-state index is 11.6. The van der Waals surface area contributed by atoms with Gasteiger partial charge in [0.15, 0.2) is 15.8 Å². The van der Waals surface area contributed by atoms with E-state index >= 15 is 0 Å². The molecule has 29 heavy (non-hydrogen) atoms. The molecule has 1 aliphatic heterocycles. The molecule has 4 N–H and O–H groups in total. The van der Waals surface area contributed by atoms with E-state index < -0.39 is 9.84 Å². The van der Waals surface area contributed by atoms with E-state index in [1.165, 1.54) is 6.26 Å². The quantitative estimate of drug-likeness (QED) is 0.555. The number of likely N-dealkylation sites (N-methyl/N-ethyl adjacent to an activating group) is 1. The Kier molecular flexibility index (Phi) is 7.98. The Morgan fingerprint density at radius 2 is 1.66 bits per heavy atom. The molecule has 1 fully saturated rings. The standard InChI is InChI=1S/C11H10O2S.C9H19N5O/c1-14(12,13)11-7-6-9-4-2-3-5-10(9)8-11;1-13-4-6-14(7-5-13)8(15)2-3-12-9(10)11/h2-8H,1H3;2-7H2,1H3,(H4,10,11,12). The van der Waals surface area contributed by atoms with Crippen molar-refractivity contribution >= 4 is 32.5 Å². The number of hydrogen-bond acceptors (Lipinski definition) is 5. The van der Waals surface area contributed by atoms with Gasteiger partial charge in [0, 0.05) is 38.9 Å². The Morgan fingerprint density at radius 3 is 2.24 bits per heavy atom. The van der Waals surface area contributed by atoms with Crippen molar-refractivity contribution in [1.29, 1.82) is 0 Å². The molecule has 0 radical (unpaired) electrons. The van der Waals surface area contributed by atoms with Crippen LogP contribution < -0.4 is 11.5 Å². The number of benzene rings is 2. The molecule has 2 aromatic rings. The van der Waals surface area contributed by atoms with Crippen molar-refractivity contribution in [1.82, 2.24) is 9.80 Å². The number of nitrogens with zero attached hydrogens (tertiary/aromatic N) is 3. The van der Waals surface area contributed by atoms with E-state index in [2.05, 4.69) is 16.9 Å². The summed E-state index contributed by atoms with van der Waals surface area (Å²) in [7, 11) is -1.04. The van der Waals surface area contributed by atoms with Crippen LogP contribution in [0.1, 0.15) is 6.42 Å². The smallest absolute Gasteiger partial charge is 0.224 e. The highest BCUT2D eigenvalue weighted by molar-refractivity contribution is 7.90. The second-order valence-electron chi connectivity index (χ2n) is 7.02. The number of carbonyl (C=O) groups is 1. The maximum Gasteiger partial charge on any atom is 0.224 e. The lowest BCUT2D eigenvalue weighted by atomic mass is 10.1. The first-order chi connectivity index (χ1) is 13.7. The van der Waals surface area contributed by atoms with Gasteiger partial charge in [-0.15, -0.1) is 0 Å². The predicted octanol–water partition coefficient (Wildman–Crippen LogP) is 0.667. The third kappa shape index (κ3) is 7.35. The largest absolute Gasteiger partial charge is 0.370 e. The highest BCUT2D eigenvalue weighted by Crippen LogP contribution is 2.18. The average Bonchev–Trinajstić information content (AvgIpc) is 2.67. The van der Waals surface area contributed by atoms with E-state index in [4.69, 9.17) is 11.5 Å². The van der Waals surface area contributed by atoms with E-state index in [1.54, 1.807) is 12.1 Å². The lowest BCUT2D eigenvalue weighted by Crippen LogP contribution is -2.47. The summed E-state index contributed by atoms with van der Waals surface area (Å²) in [4.78, 5) is 19.9. The van der Waals surface area contributed by atoms with E-state index in [-0.39, 0.29) is 11.9 Å². The van der Waals surface area contributed by atoms with E-state index in [0.717, 1.165) is 37.0 Å². The Labute approximate surface area is 172 Å². The number of aliphatic imine (C=N–C) groups is 1. The number of hydrogen-bond donors (Lipinski definition) is 2. The minimum absolute atomic E-state index is 0.0428. The molecule has 158 valence electrons. The van der Waals surface area contributed by atoms with Gasteiger partial charge in [0.2, 0.25) is 5.91 Å². The Balaban J connectivity index is 0.000000207. The van der Waals surface area contributed by atoms with Crippen LogP contribution in [0, 0.1) is 0 Å². The molecule has 1 amide bonds. The summed E-state index contributed by atoms with van der Waals surface area (Å²) in [5.41, 5.74) is 10.3. The normalized spacial score (nSPS) is 14.8. The van der Waals surface area contributed by atoms with Crippen LogP contribution in [-0.4, -0.2) is 76.1 Å². The number of piperazine rings is 1. The van der Waals surface area contributed by atoms with E-state index in [0.29, 0.717) is 17.9 Å². The van der Waals surface area contributed by atoms with Crippen molar-refractivity contribution in [2.75, 3.05) is 46.0 Å². The second-order valence-corrected chi connectivity index (χ2v) is 9.04. The fourth-order valence-electron chi connectivity index (χ4n) is 2.89. The fraction of sp³-hybridized carbons (Fsp3) is 0.400. The molecule has 1 heterocycles. The lowest BCUT2D eigenvalue weighted by molar-refractivity contribution is -0.132. The number of nitrogens with two attached hydrogens (primary N) is 2. The van der Waals surface area contributed by atoms with Gasteiger partial charge in [0.1, 0.15) is 0 Å². The zero-order valence-electron chi connectivity index (χ0n) is 16.9. The van der Waals surface area contributed by atoms with Crippen molar-refractivity contribution in [2.24, 2.45) is 16.5 Å². The molecule has 0 bridgehead atoms. The van der Waals surface area contributed by atoms with E-state index in [9.17, 15) is 13.2 Å². The third-order valence-corrected chi connectivity index (χ3v) is 5.74. The topological polar surface area (TPSA) is 122 Å². The van der Waals surface area contributed by atoms with Crippen molar-refractivity contribution in [3.8, 4) is 0 Å². The van der Waals surface area contributed by atoms with Crippen molar-refractivity contribution in [2.45, 2.75) is 11.3 Å². The number of amides is 1. The number of sulfone groups is 1. The summed E-state index contributed by atoms with van der Waals surface area (Å²) in [5, 5.41) is 2.01. The van der Waals surface area contributed by atoms with Gasteiger partial charge in [0.25, 0.3) is 0 Å². The van der Waals surface area contributed by atoms with Gasteiger partial charge in [-0.3, -0.25) is 9.79 Å². The molecule has 8 nitrogen and oxygen atoms in total. The Hall–Kier alpha value is -2.65. The van der Waals surface area contributed by atoms with Crippen LogP contribution in [0.2, 0.25) is 0 Å². The summed E-state index contributed by atoms with van der Waals surface area (Å²) in [6, 6.07) is 12.9. The highest BCUT2D eigenvalue weighted by atomic mass is 32.2. The molecule has 0 aromatic heterocycles. The summed E-state index contributed by atoms with van der Waals surface area (Å²) in [5.74, 6) is 0.175. The molecule has 0 saturated carbocycles. The van der Waals surface area contributed by atoms with Gasteiger partial charge in [-0.1, -0.05) is 30.3 Å². The van der Waals surface area contributed by atoms with Gasteiger partial charge in [-0.2, -0.15) is 0 Å². The summed E-state index contributed by atoms with van der Waals surface area (Å²) in [6.45, 7) is 3.86. The van der Waals surface area contributed by atoms with Crippen LogP contribution in [0.3, 0.4) is 0 Å². The molecule has 0 atom stereocenters. The molecule has 1 aliphatic rings. The van der Waals surface area contributed by atoms with Crippen molar-refractivity contribution in [3.63, 3.8) is 0 Å². The van der Waals surface area contributed by atoms with Gasteiger partial charge < -0.3 is 21.3 Å². The summed E-state index contributed by atoms with van der Waals surface area (Å²) >= 11 is 0. The Bertz CT molecular complexity index is 963. The SMILES string of the molecule is CN1CCN(C(=O)CCN=C(N)N)CC1.CS(=O)(=O)c1ccc2ccccc2c1. The lowest BCUT2D eigenvalue weighted by Gasteiger charge is -2.32. The van der Waals surface area contributed by atoms with Crippen LogP contribution in [0.5, 0.6) is 0 Å². The monoisotopic (exact) mass is 419 g/mol. The van der Waals surface area contributed by atoms with Crippen molar-refractivity contribution in [3.05, 3.63) is 42.5 Å². The summed E-state index contributed by atoms with van der Waals surface area (Å²) < 4.78 is 22.6. The van der Waals surface area contributed by atoms with Crippen molar-refractivity contribution < 1.29 is 13.2 Å². The first-order valence-electron chi connectivity index (χ1n) is 9.37. The van der Waals surface area contributed by atoms with Crippen LogP contribution in [0.4, 0.5) is 0 Å². The minimum atomic E-state index is -3.09. The molecule has 2 aromatic carbocycles. The Morgan fingerprint density at radius 1 is 1.03 bits per heavy atom. The molecule has 1 saturated heterocycles. The molecular weight excluding hydrogens is 390 g/mol. The van der Waals surface area contributed by atoms with Crippen LogP contribution in [0.15, 0.2) is 52.4 Å². The maximum atomic E-state index is 11.6. The molecule has 9 heteroatoms. The number of rotatable bonds is 4. The second kappa shape index (κ2) is 10.2. The van der Waals surface area contributed by atoms with E-state index in [1.807, 2.05) is 35.2 Å².